The van der Waals surface area contributed by atoms with Crippen molar-refractivity contribution in [2.45, 2.75) is 51.4 Å². The van der Waals surface area contributed by atoms with Crippen LogP contribution >= 0.6 is 0 Å². The summed E-state index contributed by atoms with van der Waals surface area (Å²) in [6.07, 6.45) is 1.26. The van der Waals surface area contributed by atoms with Crippen LogP contribution in [0.2, 0.25) is 0 Å². The van der Waals surface area contributed by atoms with Gasteiger partial charge in [0.2, 0.25) is 0 Å². The highest BCUT2D eigenvalue weighted by atomic mass is 16.6. The molecule has 5 aromatic rings. The number of carbonyl (C=O) groups excluding carboxylic acids is 2. The minimum absolute atomic E-state index is 0.257. The van der Waals surface area contributed by atoms with E-state index < -0.39 is 29.4 Å². The zero-order valence-corrected chi connectivity index (χ0v) is 24.9. The van der Waals surface area contributed by atoms with Crippen LogP contribution in [0, 0.1) is 0 Å². The fraction of sp³-hybridized carbons (Fsp3) is 0.323. The number of nitrogens with zero attached hydrogens (tertiary/aromatic N) is 8. The molecule has 1 N–H and O–H groups in total. The van der Waals surface area contributed by atoms with Gasteiger partial charge in [-0.2, -0.15) is 0 Å². The lowest BCUT2D eigenvalue weighted by molar-refractivity contribution is 0.0542. The van der Waals surface area contributed by atoms with Gasteiger partial charge < -0.3 is 19.5 Å². The summed E-state index contributed by atoms with van der Waals surface area (Å²) in [5.74, 6) is 1.36. The molecular weight excluding hydrogens is 580 g/mol. The number of ether oxygens (including phenoxy) is 2. The maximum atomic E-state index is 13.7. The van der Waals surface area contributed by atoms with Crippen molar-refractivity contribution in [1.82, 2.24) is 34.0 Å². The van der Waals surface area contributed by atoms with Gasteiger partial charge in [0.05, 0.1) is 5.52 Å². The molecule has 14 nitrogen and oxygen atoms in total. The van der Waals surface area contributed by atoms with E-state index in [4.69, 9.17) is 14.5 Å². The summed E-state index contributed by atoms with van der Waals surface area (Å²) in [5.41, 5.74) is 0.757. The predicted molar refractivity (Wildman–Crippen MR) is 161 cm³/mol. The van der Waals surface area contributed by atoms with Crippen molar-refractivity contribution in [1.29, 1.82) is 0 Å². The number of piperidine rings is 1. The number of imide groups is 1. The SMILES string of the molecule is CC(C)(C)OC(=O)n1cnc2c(N3CCC4(CC3)c3nc5c(OCc6ccccc6)cccc5n3C(=O)N4C(=O)O)ncnc21. The molecule has 2 aliphatic heterocycles. The van der Waals surface area contributed by atoms with Gasteiger partial charge in [-0.3, -0.25) is 0 Å². The van der Waals surface area contributed by atoms with Crippen LogP contribution in [-0.4, -0.2) is 76.0 Å². The minimum Gasteiger partial charge on any atom is -0.487 e. The Morgan fingerprint density at radius 1 is 0.978 bits per heavy atom. The lowest BCUT2D eigenvalue weighted by Gasteiger charge is -2.41. The molecule has 2 aliphatic rings. The fourth-order valence-corrected chi connectivity index (χ4v) is 6.11. The Kier molecular flexibility index (Phi) is 6.46. The molecule has 1 spiro atoms. The third-order valence-electron chi connectivity index (χ3n) is 8.10. The number of imidazole rings is 2. The first-order chi connectivity index (χ1) is 21.6. The molecule has 3 aromatic heterocycles. The van der Waals surface area contributed by atoms with Crippen LogP contribution in [0.1, 0.15) is 45.0 Å². The first kappa shape index (κ1) is 28.3. The molecule has 230 valence electrons. The van der Waals surface area contributed by atoms with Crippen molar-refractivity contribution in [3.63, 3.8) is 0 Å². The molecule has 1 fully saturated rings. The Morgan fingerprint density at radius 3 is 2.44 bits per heavy atom. The summed E-state index contributed by atoms with van der Waals surface area (Å²) >= 11 is 0. The van der Waals surface area contributed by atoms with Crippen LogP contribution in [-0.2, 0) is 16.9 Å². The second kappa shape index (κ2) is 10.3. The third kappa shape index (κ3) is 4.60. The normalized spacial score (nSPS) is 16.0. The van der Waals surface area contributed by atoms with Crippen LogP contribution < -0.4 is 9.64 Å². The fourth-order valence-electron chi connectivity index (χ4n) is 6.11. The Hall–Kier alpha value is -5.53. The molecule has 5 heterocycles. The van der Waals surface area contributed by atoms with E-state index in [2.05, 4.69) is 15.0 Å². The number of carbonyl (C=O) groups is 3. The summed E-state index contributed by atoms with van der Waals surface area (Å²) in [7, 11) is 0. The molecule has 0 bridgehead atoms. The Morgan fingerprint density at radius 2 is 1.73 bits per heavy atom. The first-order valence-electron chi connectivity index (χ1n) is 14.5. The quantitative estimate of drug-likeness (QED) is 0.292. The standard InChI is InChI=1S/C31H30N8O6/c1-30(2,3)45-29(43)37-18-34-23-24(32-17-33-25(23)37)36-14-12-31(13-15-36)26-35-22-20(38(26)27(40)39(31)28(41)42)10-7-11-21(22)44-16-19-8-5-4-6-9-19/h4-11,17-18H,12-16H2,1-3H3,(H,41,42). The molecule has 0 atom stereocenters. The van der Waals surface area contributed by atoms with Crippen LogP contribution in [0.5, 0.6) is 5.75 Å². The number of rotatable bonds is 4. The molecule has 0 unspecified atom stereocenters. The average molecular weight is 611 g/mol. The van der Waals surface area contributed by atoms with Gasteiger partial charge in [0.15, 0.2) is 17.0 Å². The second-order valence-corrected chi connectivity index (χ2v) is 12.1. The van der Waals surface area contributed by atoms with Crippen LogP contribution in [0.25, 0.3) is 22.2 Å². The summed E-state index contributed by atoms with van der Waals surface area (Å²) in [6.45, 7) is 6.31. The number of amides is 2. The van der Waals surface area contributed by atoms with Gasteiger partial charge in [-0.25, -0.2) is 48.4 Å². The van der Waals surface area contributed by atoms with Gasteiger partial charge in [-0.05, 0) is 51.3 Å². The molecule has 2 aromatic carbocycles. The summed E-state index contributed by atoms with van der Waals surface area (Å²) in [4.78, 5) is 59.9. The molecule has 14 heteroatoms. The van der Waals surface area contributed by atoms with Gasteiger partial charge in [-0.1, -0.05) is 36.4 Å². The number of aromatic nitrogens is 6. The van der Waals surface area contributed by atoms with Gasteiger partial charge in [0, 0.05) is 13.1 Å². The first-order valence-corrected chi connectivity index (χ1v) is 14.5. The number of hydrogen-bond acceptors (Lipinski definition) is 10. The van der Waals surface area contributed by atoms with E-state index in [9.17, 15) is 19.5 Å². The summed E-state index contributed by atoms with van der Waals surface area (Å²) in [6, 6.07) is 14.3. The van der Waals surface area contributed by atoms with Crippen molar-refractivity contribution in [3.05, 3.63) is 72.6 Å². The number of para-hydroxylation sites is 1. The molecule has 45 heavy (non-hydrogen) atoms. The molecule has 0 aliphatic carbocycles. The van der Waals surface area contributed by atoms with Gasteiger partial charge in [0.1, 0.15) is 47.5 Å². The maximum Gasteiger partial charge on any atom is 0.421 e. The number of anilines is 1. The van der Waals surface area contributed by atoms with Crippen molar-refractivity contribution < 1.29 is 29.0 Å². The maximum absolute atomic E-state index is 13.7. The van der Waals surface area contributed by atoms with E-state index in [-0.39, 0.29) is 12.8 Å². The zero-order valence-electron chi connectivity index (χ0n) is 24.9. The summed E-state index contributed by atoms with van der Waals surface area (Å²) in [5, 5.41) is 10.2. The van der Waals surface area contributed by atoms with E-state index in [1.165, 1.54) is 21.8 Å². The van der Waals surface area contributed by atoms with Crippen molar-refractivity contribution in [2.75, 3.05) is 18.0 Å². The number of fused-ring (bicyclic) bond motifs is 5. The van der Waals surface area contributed by atoms with Crippen molar-refractivity contribution in [3.8, 4) is 5.75 Å². The highest BCUT2D eigenvalue weighted by Gasteiger charge is 2.57. The van der Waals surface area contributed by atoms with E-state index in [1.54, 1.807) is 39.0 Å². The van der Waals surface area contributed by atoms with Crippen LogP contribution in [0.3, 0.4) is 0 Å². The van der Waals surface area contributed by atoms with E-state index in [1.807, 2.05) is 35.2 Å². The predicted octanol–water partition coefficient (Wildman–Crippen LogP) is 5.00. The highest BCUT2D eigenvalue weighted by Crippen LogP contribution is 2.46. The molecule has 7 rings (SSSR count). The Balaban J connectivity index is 1.21. The lowest BCUT2D eigenvalue weighted by atomic mass is 9.86. The van der Waals surface area contributed by atoms with Crippen molar-refractivity contribution in [2.24, 2.45) is 0 Å². The highest BCUT2D eigenvalue weighted by molar-refractivity contribution is 6.02. The van der Waals surface area contributed by atoms with E-state index in [0.29, 0.717) is 59.3 Å². The number of hydrogen-bond donors (Lipinski definition) is 1. The number of benzene rings is 2. The topological polar surface area (TPSA) is 158 Å². The Bertz CT molecular complexity index is 1970. The molecule has 1 saturated heterocycles. The second-order valence-electron chi connectivity index (χ2n) is 12.1. The number of carboxylic acid groups (broad SMARTS) is 1. The monoisotopic (exact) mass is 610 g/mol. The van der Waals surface area contributed by atoms with E-state index >= 15 is 0 Å². The molecular formula is C31H30N8O6. The summed E-state index contributed by atoms with van der Waals surface area (Å²) < 4.78 is 14.2. The van der Waals surface area contributed by atoms with Gasteiger partial charge in [-0.15, -0.1) is 0 Å². The van der Waals surface area contributed by atoms with Crippen LogP contribution in [0.15, 0.2) is 61.2 Å². The minimum atomic E-state index is -1.34. The van der Waals surface area contributed by atoms with Gasteiger partial charge in [0.25, 0.3) is 0 Å². The van der Waals surface area contributed by atoms with Crippen LogP contribution in [0.4, 0.5) is 20.2 Å². The average Bonchev–Trinajstić information content (AvgIpc) is 3.68. The largest absolute Gasteiger partial charge is 0.487 e. The molecule has 2 amide bonds. The lowest BCUT2D eigenvalue weighted by Crippen LogP contribution is -2.53. The smallest absolute Gasteiger partial charge is 0.421 e. The van der Waals surface area contributed by atoms with Gasteiger partial charge >= 0.3 is 18.2 Å². The van der Waals surface area contributed by atoms with E-state index in [0.717, 1.165) is 10.5 Å². The zero-order chi connectivity index (χ0) is 31.5. The molecule has 0 saturated carbocycles. The van der Waals surface area contributed by atoms with Crippen molar-refractivity contribution >= 4 is 46.2 Å². The Labute approximate surface area is 256 Å². The third-order valence-corrected chi connectivity index (χ3v) is 8.10. The molecule has 0 radical (unpaired) electrons.